The first-order valence-electron chi connectivity index (χ1n) is 13.9. The Labute approximate surface area is 234 Å². The lowest BCUT2D eigenvalue weighted by atomic mass is 10.00. The van der Waals surface area contributed by atoms with Crippen molar-refractivity contribution in [2.75, 3.05) is 11.5 Å². The summed E-state index contributed by atoms with van der Waals surface area (Å²) in [5.74, 6) is -0.719. The van der Waals surface area contributed by atoms with Crippen LogP contribution in [-0.4, -0.2) is 40.9 Å². The van der Waals surface area contributed by atoms with E-state index in [4.69, 9.17) is 19.0 Å². The van der Waals surface area contributed by atoms with Gasteiger partial charge >= 0.3 is 5.97 Å². The molecule has 40 heavy (non-hydrogen) atoms. The topological polar surface area (TPSA) is 77.7 Å². The van der Waals surface area contributed by atoms with Crippen molar-refractivity contribution in [1.82, 2.24) is 10.1 Å². The summed E-state index contributed by atoms with van der Waals surface area (Å²) in [7, 11) is 0. The van der Waals surface area contributed by atoms with E-state index < -0.39 is 11.6 Å². The van der Waals surface area contributed by atoms with Crippen LogP contribution >= 0.6 is 11.3 Å². The Morgan fingerprint density at radius 1 is 1.10 bits per heavy atom. The number of anilines is 1. The molecule has 1 aliphatic carbocycles. The minimum Gasteiger partial charge on any atom is -0.462 e. The zero-order valence-electron chi connectivity index (χ0n) is 22.1. The molecule has 4 aromatic rings. The Balaban J connectivity index is 1.08. The summed E-state index contributed by atoms with van der Waals surface area (Å²) in [6, 6.07) is 9.92. The van der Waals surface area contributed by atoms with Gasteiger partial charge in [0.1, 0.15) is 23.1 Å². The van der Waals surface area contributed by atoms with Crippen LogP contribution in [0.2, 0.25) is 0 Å². The van der Waals surface area contributed by atoms with E-state index in [0.717, 1.165) is 53.9 Å². The van der Waals surface area contributed by atoms with Gasteiger partial charge in [0.15, 0.2) is 5.13 Å². The number of esters is 1. The fourth-order valence-electron chi connectivity index (χ4n) is 6.19. The summed E-state index contributed by atoms with van der Waals surface area (Å²) in [5.41, 5.74) is 2.11. The van der Waals surface area contributed by atoms with Crippen molar-refractivity contribution in [3.05, 3.63) is 64.9 Å². The van der Waals surface area contributed by atoms with Gasteiger partial charge in [0.25, 0.3) is 0 Å². The second-order valence-corrected chi connectivity index (χ2v) is 11.9. The lowest BCUT2D eigenvalue weighted by molar-refractivity contribution is 0.0147. The molecule has 1 saturated carbocycles. The number of aromatic nitrogens is 2. The highest BCUT2D eigenvalue weighted by molar-refractivity contribution is 7.22. The van der Waals surface area contributed by atoms with Crippen molar-refractivity contribution in [2.24, 2.45) is 0 Å². The van der Waals surface area contributed by atoms with Gasteiger partial charge in [-0.1, -0.05) is 22.6 Å². The Kier molecular flexibility index (Phi) is 6.54. The number of halogens is 2. The van der Waals surface area contributed by atoms with Crippen molar-refractivity contribution < 1.29 is 27.6 Å². The van der Waals surface area contributed by atoms with Crippen LogP contribution in [0, 0.1) is 11.6 Å². The zero-order valence-corrected chi connectivity index (χ0v) is 22.9. The Bertz CT molecular complexity index is 1550. The minimum atomic E-state index is -0.659. The summed E-state index contributed by atoms with van der Waals surface area (Å²) < 4.78 is 47.4. The van der Waals surface area contributed by atoms with Crippen molar-refractivity contribution in [2.45, 2.75) is 76.2 Å². The van der Waals surface area contributed by atoms with Crippen LogP contribution in [0.5, 0.6) is 0 Å². The quantitative estimate of drug-likeness (QED) is 0.213. The van der Waals surface area contributed by atoms with E-state index in [-0.39, 0.29) is 35.9 Å². The summed E-state index contributed by atoms with van der Waals surface area (Å²) >= 11 is 1.60. The second kappa shape index (κ2) is 10.2. The van der Waals surface area contributed by atoms with Crippen LogP contribution in [0.15, 0.2) is 40.9 Å². The number of piperidine rings is 1. The Morgan fingerprint density at radius 2 is 1.85 bits per heavy atom. The van der Waals surface area contributed by atoms with E-state index in [2.05, 4.69) is 10.1 Å². The lowest BCUT2D eigenvalue weighted by Gasteiger charge is -2.38. The molecule has 0 unspecified atom stereocenters. The number of ether oxygens (including phenoxy) is 2. The van der Waals surface area contributed by atoms with Crippen molar-refractivity contribution >= 4 is 32.7 Å². The second-order valence-electron chi connectivity index (χ2n) is 10.8. The molecule has 0 N–H and O–H groups in total. The highest BCUT2D eigenvalue weighted by Gasteiger charge is 2.43. The minimum absolute atomic E-state index is 0.0128. The molecule has 0 radical (unpaired) electrons. The molecule has 2 aromatic carbocycles. The van der Waals surface area contributed by atoms with E-state index in [1.165, 1.54) is 18.2 Å². The molecule has 3 aliphatic rings. The number of benzene rings is 2. The summed E-state index contributed by atoms with van der Waals surface area (Å²) in [6.07, 6.45) is 5.77. The number of carbonyl (C=O) groups excluding carboxylic acids is 1. The number of rotatable bonds is 8. The number of thiazole rings is 1. The monoisotopic (exact) mass is 565 g/mol. The van der Waals surface area contributed by atoms with Gasteiger partial charge in [-0.05, 0) is 75.8 Å². The fraction of sp³-hybridized carbons (Fsp3) is 0.433. The summed E-state index contributed by atoms with van der Waals surface area (Å²) in [6.45, 7) is 2.34. The molecule has 0 amide bonds. The van der Waals surface area contributed by atoms with E-state index in [1.807, 2.05) is 12.1 Å². The maximum Gasteiger partial charge on any atom is 0.338 e. The molecular formula is C30H29F2N3O4S. The van der Waals surface area contributed by atoms with Crippen molar-refractivity contribution in [3.63, 3.8) is 0 Å². The molecule has 3 fully saturated rings. The van der Waals surface area contributed by atoms with Crippen LogP contribution in [0.1, 0.15) is 73.0 Å². The Hall–Kier alpha value is -3.37. The highest BCUT2D eigenvalue weighted by atomic mass is 32.1. The normalized spacial score (nSPS) is 22.3. The zero-order chi connectivity index (χ0) is 27.4. The van der Waals surface area contributed by atoms with Crippen molar-refractivity contribution in [3.8, 4) is 11.3 Å². The first-order chi connectivity index (χ1) is 19.5. The van der Waals surface area contributed by atoms with Crippen LogP contribution < -0.4 is 4.90 Å². The maximum atomic E-state index is 14.6. The number of hydrogen-bond acceptors (Lipinski definition) is 8. The fourth-order valence-corrected chi connectivity index (χ4v) is 7.34. The number of fused-ring (bicyclic) bond motifs is 3. The average molecular weight is 566 g/mol. The van der Waals surface area contributed by atoms with E-state index >= 15 is 0 Å². The molecule has 2 saturated heterocycles. The van der Waals surface area contributed by atoms with Gasteiger partial charge in [0.05, 0.1) is 40.7 Å². The average Bonchev–Trinajstić information content (AvgIpc) is 3.47. The molecule has 10 heteroatoms. The molecule has 4 heterocycles. The molecule has 2 aliphatic heterocycles. The predicted octanol–water partition coefficient (Wildman–Crippen LogP) is 7.00. The molecule has 0 spiro atoms. The van der Waals surface area contributed by atoms with Gasteiger partial charge in [-0.15, -0.1) is 0 Å². The Morgan fingerprint density at radius 3 is 2.55 bits per heavy atom. The third kappa shape index (κ3) is 4.56. The van der Waals surface area contributed by atoms with Crippen LogP contribution in [-0.2, 0) is 16.1 Å². The number of nitrogens with zero attached hydrogens (tertiary/aromatic N) is 3. The molecular weight excluding hydrogens is 536 g/mol. The van der Waals surface area contributed by atoms with E-state index in [1.54, 1.807) is 24.3 Å². The number of hydrogen-bond donors (Lipinski definition) is 0. The molecule has 7 rings (SSSR count). The van der Waals surface area contributed by atoms with Crippen LogP contribution in [0.3, 0.4) is 0 Å². The first kappa shape index (κ1) is 25.6. The molecule has 7 nitrogen and oxygen atoms in total. The van der Waals surface area contributed by atoms with E-state index in [0.29, 0.717) is 35.6 Å². The molecule has 2 bridgehead atoms. The van der Waals surface area contributed by atoms with Gasteiger partial charge in [0.2, 0.25) is 0 Å². The van der Waals surface area contributed by atoms with Gasteiger partial charge < -0.3 is 18.9 Å². The van der Waals surface area contributed by atoms with Gasteiger partial charge in [0, 0.05) is 23.6 Å². The third-order valence-corrected chi connectivity index (χ3v) is 9.26. The highest BCUT2D eigenvalue weighted by Crippen LogP contribution is 2.46. The van der Waals surface area contributed by atoms with Gasteiger partial charge in [-0.2, -0.15) is 0 Å². The maximum absolute atomic E-state index is 14.6. The standard InChI is InChI=1S/C30H29F2N3O4S/c1-2-37-29(36)17-8-11-24-25(12-17)40-30(33-24)35-18-9-10-19(35)14-20(13-18)38-15-21-27(34-39-28(21)16-6-7-16)26-22(31)4-3-5-23(26)32/h3-5,8,11-12,16,18-20H,2,6-7,9-10,13-15H2,1H3/t18-,19+,20-. The van der Waals surface area contributed by atoms with Gasteiger partial charge in [-0.3, -0.25) is 0 Å². The first-order valence-corrected chi connectivity index (χ1v) is 14.7. The largest absolute Gasteiger partial charge is 0.462 e. The van der Waals surface area contributed by atoms with Crippen LogP contribution in [0.25, 0.3) is 21.5 Å². The molecule has 208 valence electrons. The molecule has 2 aromatic heterocycles. The summed E-state index contributed by atoms with van der Waals surface area (Å²) in [5, 5.41) is 5.06. The molecule has 3 atom stereocenters. The van der Waals surface area contributed by atoms with Gasteiger partial charge in [-0.25, -0.2) is 18.6 Å². The smallest absolute Gasteiger partial charge is 0.338 e. The predicted molar refractivity (Wildman–Crippen MR) is 147 cm³/mol. The SMILES string of the molecule is CCOC(=O)c1ccc2nc(N3[C@@H]4CC[C@H]3C[C@H](OCc3c(-c5c(F)cccc5F)noc3C3CC3)C4)sc2c1. The number of carbonyl (C=O) groups is 1. The summed E-state index contributed by atoms with van der Waals surface area (Å²) in [4.78, 5) is 19.5. The van der Waals surface area contributed by atoms with Crippen LogP contribution in [0.4, 0.5) is 13.9 Å². The lowest BCUT2D eigenvalue weighted by Crippen LogP contribution is -2.45. The van der Waals surface area contributed by atoms with Crippen molar-refractivity contribution in [1.29, 1.82) is 0 Å². The third-order valence-electron chi connectivity index (χ3n) is 8.23. The van der Waals surface area contributed by atoms with E-state index in [9.17, 15) is 13.6 Å².